The Morgan fingerprint density at radius 3 is 2.00 bits per heavy atom. The molecule has 1 aliphatic heterocycles. The van der Waals surface area contributed by atoms with Gasteiger partial charge in [-0.3, -0.25) is 9.59 Å². The second-order valence-electron chi connectivity index (χ2n) is 8.71. The van der Waals surface area contributed by atoms with Crippen molar-refractivity contribution in [2.75, 3.05) is 31.6 Å². The molecule has 4 rings (SSSR count). The van der Waals surface area contributed by atoms with Gasteiger partial charge in [0.25, 0.3) is 0 Å². The number of carboxylic acid groups (broad SMARTS) is 1. The summed E-state index contributed by atoms with van der Waals surface area (Å²) in [6.45, 7) is 0.494. The summed E-state index contributed by atoms with van der Waals surface area (Å²) in [6.07, 6.45) is 1.55. The predicted octanol–water partition coefficient (Wildman–Crippen LogP) is 0.271. The Morgan fingerprint density at radius 1 is 0.892 bits per heavy atom. The van der Waals surface area contributed by atoms with E-state index >= 15 is 0 Å². The fourth-order valence-corrected chi connectivity index (χ4v) is 4.87. The second-order valence-corrected chi connectivity index (χ2v) is 9.15. The zero-order valence-electron chi connectivity index (χ0n) is 20.6. The monoisotopic (exact) mass is 528 g/mol. The van der Waals surface area contributed by atoms with Crippen LogP contribution in [0.15, 0.2) is 78.9 Å². The molecule has 0 atom stereocenters. The van der Waals surface area contributed by atoms with E-state index in [0.717, 1.165) is 12.8 Å². The van der Waals surface area contributed by atoms with E-state index in [1.807, 2.05) is 36.4 Å². The van der Waals surface area contributed by atoms with Gasteiger partial charge in [0, 0.05) is 34.8 Å². The summed E-state index contributed by atoms with van der Waals surface area (Å²) in [6, 6.07) is 24.7. The molecule has 0 spiro atoms. The first-order valence-corrected chi connectivity index (χ1v) is 12.0. The Balaban J connectivity index is 0.00000380. The van der Waals surface area contributed by atoms with Crippen molar-refractivity contribution in [3.8, 4) is 0 Å². The third-order valence-electron chi connectivity index (χ3n) is 6.56. The number of likely N-dealkylation sites (tertiary alicyclic amines) is 1. The van der Waals surface area contributed by atoms with Crippen molar-refractivity contribution in [2.45, 2.75) is 18.3 Å². The molecule has 3 aromatic carbocycles. The summed E-state index contributed by atoms with van der Waals surface area (Å²) in [7, 11) is 0. The van der Waals surface area contributed by atoms with Gasteiger partial charge in [-0.05, 0) is 42.2 Å². The summed E-state index contributed by atoms with van der Waals surface area (Å²) in [5.74, 6) is -2.24. The molecule has 1 fully saturated rings. The van der Waals surface area contributed by atoms with E-state index in [4.69, 9.17) is 16.3 Å². The Labute approximate surface area is 243 Å². The van der Waals surface area contributed by atoms with Crippen molar-refractivity contribution >= 4 is 35.1 Å². The minimum Gasteiger partial charge on any atom is -0.545 e. The van der Waals surface area contributed by atoms with Crippen molar-refractivity contribution in [2.24, 2.45) is 0 Å². The second kappa shape index (κ2) is 13.2. The van der Waals surface area contributed by atoms with Crippen molar-refractivity contribution in [1.82, 2.24) is 4.90 Å². The van der Waals surface area contributed by atoms with Gasteiger partial charge in [0.2, 0.25) is 11.8 Å². The van der Waals surface area contributed by atoms with E-state index in [-0.39, 0.29) is 63.8 Å². The van der Waals surface area contributed by atoms with Crippen LogP contribution in [0.5, 0.6) is 0 Å². The van der Waals surface area contributed by atoms with Gasteiger partial charge < -0.3 is 24.9 Å². The minimum absolute atomic E-state index is 0. The zero-order chi connectivity index (χ0) is 25.5. The molecular formula is C28H26ClN2NaO5. The fraction of sp³-hybridized carbons (Fsp3) is 0.250. The molecule has 1 heterocycles. The number of hydrogen-bond acceptors (Lipinski definition) is 5. The third kappa shape index (κ3) is 7.00. The molecule has 7 nitrogen and oxygen atoms in total. The number of halogens is 1. The van der Waals surface area contributed by atoms with E-state index in [1.165, 1.54) is 29.3 Å². The molecule has 0 bridgehead atoms. The number of ether oxygens (including phenoxy) is 1. The maximum atomic E-state index is 12.8. The van der Waals surface area contributed by atoms with Gasteiger partial charge in [0.05, 0.1) is 5.97 Å². The molecule has 9 heteroatoms. The number of hydrogen-bond donors (Lipinski definition) is 1. The van der Waals surface area contributed by atoms with E-state index in [9.17, 15) is 19.5 Å². The Kier molecular flexibility index (Phi) is 10.3. The predicted molar refractivity (Wildman–Crippen MR) is 135 cm³/mol. The molecule has 37 heavy (non-hydrogen) atoms. The van der Waals surface area contributed by atoms with Crippen molar-refractivity contribution in [3.63, 3.8) is 0 Å². The van der Waals surface area contributed by atoms with Gasteiger partial charge in [-0.1, -0.05) is 72.3 Å². The molecule has 0 aliphatic carbocycles. The fourth-order valence-electron chi connectivity index (χ4n) is 4.70. The van der Waals surface area contributed by atoms with Crippen LogP contribution < -0.4 is 40.0 Å². The van der Waals surface area contributed by atoms with Crippen molar-refractivity contribution in [1.29, 1.82) is 0 Å². The first-order chi connectivity index (χ1) is 17.4. The van der Waals surface area contributed by atoms with Gasteiger partial charge in [0.1, 0.15) is 13.2 Å². The van der Waals surface area contributed by atoms with E-state index in [0.29, 0.717) is 13.1 Å². The van der Waals surface area contributed by atoms with Gasteiger partial charge in [-0.15, -0.1) is 0 Å². The van der Waals surface area contributed by atoms with Crippen LogP contribution in [0.25, 0.3) is 0 Å². The zero-order valence-corrected chi connectivity index (χ0v) is 23.4. The summed E-state index contributed by atoms with van der Waals surface area (Å²) in [5, 5.41) is 13.9. The topological polar surface area (TPSA) is 98.8 Å². The van der Waals surface area contributed by atoms with Crippen LogP contribution in [0.1, 0.15) is 34.3 Å². The molecule has 1 N–H and O–H groups in total. The molecule has 2 amide bonds. The molecule has 3 aromatic rings. The van der Waals surface area contributed by atoms with Crippen LogP contribution in [0.2, 0.25) is 5.02 Å². The van der Waals surface area contributed by atoms with E-state index in [2.05, 4.69) is 29.6 Å². The number of rotatable bonds is 8. The quantitative estimate of drug-likeness (QED) is 0.423. The average Bonchev–Trinajstić information content (AvgIpc) is 2.90. The average molecular weight is 529 g/mol. The Hall–Kier alpha value is -2.68. The molecule has 0 saturated carbocycles. The summed E-state index contributed by atoms with van der Waals surface area (Å²) >= 11 is 5.81. The largest absolute Gasteiger partial charge is 1.00 e. The standard InChI is InChI=1S/C28H27ClN2O5.Na/c29-22-11-12-24(23(17-22)27(34)35)30-25(32)18-36-19-26(33)31-15-13-28(14-16-31,20-7-3-1-4-8-20)21-9-5-2-6-10-21;/h1-12,17H,13-16,18-19H2,(H,30,32)(H,34,35);/q;+1/p-1. The van der Waals surface area contributed by atoms with Crippen molar-refractivity contribution in [3.05, 3.63) is 101 Å². The number of nitrogens with zero attached hydrogens (tertiary/aromatic N) is 1. The van der Waals surface area contributed by atoms with Crippen LogP contribution in [0, 0.1) is 0 Å². The molecular weight excluding hydrogens is 503 g/mol. The number of carbonyl (C=O) groups excluding carboxylic acids is 3. The number of aromatic carboxylic acids is 1. The maximum absolute atomic E-state index is 12.8. The molecule has 186 valence electrons. The molecule has 1 saturated heterocycles. The van der Waals surface area contributed by atoms with E-state index < -0.39 is 18.5 Å². The van der Waals surface area contributed by atoms with Crippen LogP contribution in [0.4, 0.5) is 5.69 Å². The molecule has 0 radical (unpaired) electrons. The van der Waals surface area contributed by atoms with Gasteiger partial charge in [-0.2, -0.15) is 0 Å². The summed E-state index contributed by atoms with van der Waals surface area (Å²) in [5.41, 5.74) is 2.10. The van der Waals surface area contributed by atoms with Gasteiger partial charge in [-0.25, -0.2) is 0 Å². The smallest absolute Gasteiger partial charge is 0.545 e. The number of anilines is 1. The van der Waals surface area contributed by atoms with E-state index in [1.54, 1.807) is 4.90 Å². The number of carboxylic acids is 1. The molecule has 0 aromatic heterocycles. The maximum Gasteiger partial charge on any atom is 1.00 e. The third-order valence-corrected chi connectivity index (χ3v) is 6.79. The minimum atomic E-state index is -1.46. The Bertz CT molecular complexity index is 1190. The van der Waals surface area contributed by atoms with Gasteiger partial charge in [0.15, 0.2) is 0 Å². The van der Waals surface area contributed by atoms with Crippen LogP contribution >= 0.6 is 11.6 Å². The van der Waals surface area contributed by atoms with Crippen LogP contribution in [-0.4, -0.2) is 49.0 Å². The number of piperidine rings is 1. The molecule has 1 aliphatic rings. The summed E-state index contributed by atoms with van der Waals surface area (Å²) < 4.78 is 5.34. The Morgan fingerprint density at radius 2 is 1.46 bits per heavy atom. The molecule has 0 unspecified atom stereocenters. The summed E-state index contributed by atoms with van der Waals surface area (Å²) in [4.78, 5) is 38.0. The first-order valence-electron chi connectivity index (χ1n) is 11.7. The number of carbonyl (C=O) groups is 3. The van der Waals surface area contributed by atoms with Crippen LogP contribution in [-0.2, 0) is 19.7 Å². The number of nitrogens with one attached hydrogen (secondary N) is 1. The number of benzene rings is 3. The van der Waals surface area contributed by atoms with Crippen LogP contribution in [0.3, 0.4) is 0 Å². The SMILES string of the molecule is O=C(COCC(=O)N1CCC(c2ccccc2)(c2ccccc2)CC1)Nc1ccc(Cl)cc1C(=O)[O-].[Na+]. The van der Waals surface area contributed by atoms with Gasteiger partial charge >= 0.3 is 29.6 Å². The number of amides is 2. The first kappa shape index (κ1) is 28.9. The normalized spacial score (nSPS) is 14.4. The van der Waals surface area contributed by atoms with Crippen molar-refractivity contribution < 1.29 is 53.8 Å².